The van der Waals surface area contributed by atoms with E-state index in [1.54, 1.807) is 0 Å². The first-order chi connectivity index (χ1) is 10.1. The molecule has 5 heteroatoms. The maximum absolute atomic E-state index is 12.4. The second kappa shape index (κ2) is 5.69. The Bertz CT molecular complexity index is 780. The van der Waals surface area contributed by atoms with E-state index in [1.807, 2.05) is 55.5 Å². The Labute approximate surface area is 130 Å². The number of H-pyrrole nitrogens is 1. The van der Waals surface area contributed by atoms with Crippen molar-refractivity contribution in [1.82, 2.24) is 15.5 Å². The summed E-state index contributed by atoms with van der Waals surface area (Å²) in [6.45, 7) is 1.95. The molecule has 1 amide bonds. The van der Waals surface area contributed by atoms with E-state index in [9.17, 15) is 4.79 Å². The van der Waals surface area contributed by atoms with Crippen LogP contribution in [-0.4, -0.2) is 16.1 Å². The number of hydrogen-bond acceptors (Lipinski definition) is 2. The fourth-order valence-corrected chi connectivity index (χ4v) is 2.50. The maximum Gasteiger partial charge on any atom is 0.272 e. The summed E-state index contributed by atoms with van der Waals surface area (Å²) < 4.78 is 1.02. The number of carbonyl (C=O) groups excluding carboxylic acids is 1. The van der Waals surface area contributed by atoms with Crippen LogP contribution in [0.1, 0.15) is 29.0 Å². The van der Waals surface area contributed by atoms with E-state index in [0.29, 0.717) is 5.69 Å². The topological polar surface area (TPSA) is 57.8 Å². The molecular formula is C16H14BrN3O. The van der Waals surface area contributed by atoms with Crippen LogP contribution in [0.4, 0.5) is 0 Å². The van der Waals surface area contributed by atoms with Gasteiger partial charge in [0.25, 0.3) is 5.91 Å². The van der Waals surface area contributed by atoms with E-state index in [-0.39, 0.29) is 11.9 Å². The number of aromatic amines is 1. The minimum atomic E-state index is -0.178. The number of aromatic nitrogens is 2. The van der Waals surface area contributed by atoms with Gasteiger partial charge in [-0.3, -0.25) is 9.89 Å². The van der Waals surface area contributed by atoms with Gasteiger partial charge in [0.1, 0.15) is 0 Å². The van der Waals surface area contributed by atoms with Crippen LogP contribution < -0.4 is 5.32 Å². The molecule has 1 unspecified atom stereocenters. The van der Waals surface area contributed by atoms with Gasteiger partial charge in [0.15, 0.2) is 5.69 Å². The van der Waals surface area contributed by atoms with Crippen molar-refractivity contribution in [3.8, 4) is 0 Å². The second-order valence-corrected chi connectivity index (χ2v) is 5.78. The molecule has 2 N–H and O–H groups in total. The largest absolute Gasteiger partial charge is 0.344 e. The molecule has 0 aliphatic rings. The zero-order valence-corrected chi connectivity index (χ0v) is 13.0. The summed E-state index contributed by atoms with van der Waals surface area (Å²) in [6, 6.07) is 15.4. The number of rotatable bonds is 3. The zero-order valence-electron chi connectivity index (χ0n) is 11.4. The molecule has 0 spiro atoms. The molecule has 3 aromatic rings. The van der Waals surface area contributed by atoms with Crippen LogP contribution in [-0.2, 0) is 0 Å². The smallest absolute Gasteiger partial charge is 0.272 e. The number of carbonyl (C=O) groups is 1. The Morgan fingerprint density at radius 2 is 1.90 bits per heavy atom. The number of benzene rings is 2. The summed E-state index contributed by atoms with van der Waals surface area (Å²) in [7, 11) is 0. The highest BCUT2D eigenvalue weighted by Crippen LogP contribution is 2.19. The van der Waals surface area contributed by atoms with Crippen LogP contribution in [0.15, 0.2) is 53.0 Å². The standard InChI is InChI=1S/C16H14BrN3O/c1-10(11-6-8-12(17)9-7-11)18-16(21)15-13-4-2-3-5-14(13)19-20-15/h2-10H,1H3,(H,18,21)(H,19,20). The molecule has 0 fully saturated rings. The minimum Gasteiger partial charge on any atom is -0.344 e. The van der Waals surface area contributed by atoms with Crippen LogP contribution >= 0.6 is 15.9 Å². The third-order valence-corrected chi connectivity index (χ3v) is 3.93. The van der Waals surface area contributed by atoms with Crippen molar-refractivity contribution in [3.63, 3.8) is 0 Å². The fraction of sp³-hybridized carbons (Fsp3) is 0.125. The number of halogens is 1. The molecule has 21 heavy (non-hydrogen) atoms. The van der Waals surface area contributed by atoms with Gasteiger partial charge >= 0.3 is 0 Å². The maximum atomic E-state index is 12.4. The third kappa shape index (κ3) is 2.83. The van der Waals surface area contributed by atoms with Crippen molar-refractivity contribution in [2.24, 2.45) is 0 Å². The van der Waals surface area contributed by atoms with Gasteiger partial charge in [0, 0.05) is 9.86 Å². The predicted octanol–water partition coefficient (Wildman–Crippen LogP) is 3.82. The van der Waals surface area contributed by atoms with Crippen molar-refractivity contribution >= 4 is 32.7 Å². The summed E-state index contributed by atoms with van der Waals surface area (Å²) in [5.74, 6) is -0.178. The average Bonchev–Trinajstić information content (AvgIpc) is 2.92. The molecule has 0 radical (unpaired) electrons. The van der Waals surface area contributed by atoms with Crippen molar-refractivity contribution in [2.45, 2.75) is 13.0 Å². The number of nitrogens with one attached hydrogen (secondary N) is 2. The summed E-state index contributed by atoms with van der Waals surface area (Å²) in [4.78, 5) is 12.4. The lowest BCUT2D eigenvalue weighted by Gasteiger charge is -2.13. The van der Waals surface area contributed by atoms with E-state index >= 15 is 0 Å². The van der Waals surface area contributed by atoms with E-state index in [0.717, 1.165) is 20.9 Å². The van der Waals surface area contributed by atoms with E-state index in [4.69, 9.17) is 0 Å². The number of para-hydroxylation sites is 1. The molecule has 0 aliphatic carbocycles. The van der Waals surface area contributed by atoms with Crippen molar-refractivity contribution in [1.29, 1.82) is 0 Å². The summed E-state index contributed by atoms with van der Waals surface area (Å²) in [5, 5.41) is 10.8. The molecule has 0 bridgehead atoms. The first-order valence-corrected chi connectivity index (χ1v) is 7.44. The Morgan fingerprint density at radius 1 is 1.19 bits per heavy atom. The Kier molecular flexibility index (Phi) is 3.75. The van der Waals surface area contributed by atoms with Gasteiger partial charge in [-0.25, -0.2) is 0 Å². The molecule has 0 aliphatic heterocycles. The monoisotopic (exact) mass is 343 g/mol. The average molecular weight is 344 g/mol. The molecule has 1 atom stereocenters. The second-order valence-electron chi connectivity index (χ2n) is 4.86. The summed E-state index contributed by atoms with van der Waals surface area (Å²) >= 11 is 3.40. The molecule has 4 nitrogen and oxygen atoms in total. The molecule has 3 rings (SSSR count). The number of fused-ring (bicyclic) bond motifs is 1. The molecule has 2 aromatic carbocycles. The number of amides is 1. The van der Waals surface area contributed by atoms with Crippen molar-refractivity contribution < 1.29 is 4.79 Å². The van der Waals surface area contributed by atoms with Crippen molar-refractivity contribution in [2.75, 3.05) is 0 Å². The highest BCUT2D eigenvalue weighted by atomic mass is 79.9. The lowest BCUT2D eigenvalue weighted by molar-refractivity contribution is 0.0936. The van der Waals surface area contributed by atoms with Gasteiger partial charge in [-0.2, -0.15) is 5.10 Å². The molecule has 0 saturated heterocycles. The Morgan fingerprint density at radius 3 is 2.67 bits per heavy atom. The number of hydrogen-bond donors (Lipinski definition) is 2. The summed E-state index contributed by atoms with van der Waals surface area (Å²) in [5.41, 5.74) is 2.33. The summed E-state index contributed by atoms with van der Waals surface area (Å²) in [6.07, 6.45) is 0. The lowest BCUT2D eigenvalue weighted by atomic mass is 10.1. The fourth-order valence-electron chi connectivity index (χ4n) is 2.24. The Hall–Kier alpha value is -2.14. The van der Waals surface area contributed by atoms with E-state index in [2.05, 4.69) is 31.4 Å². The Balaban J connectivity index is 1.81. The first kappa shape index (κ1) is 13.8. The van der Waals surface area contributed by atoms with Crippen LogP contribution in [0, 0.1) is 0 Å². The van der Waals surface area contributed by atoms with Gasteiger partial charge in [-0.05, 0) is 30.7 Å². The molecule has 1 aromatic heterocycles. The van der Waals surface area contributed by atoms with Crippen LogP contribution in [0.2, 0.25) is 0 Å². The predicted molar refractivity (Wildman–Crippen MR) is 86.1 cm³/mol. The molecular weight excluding hydrogens is 330 g/mol. The quantitative estimate of drug-likeness (QED) is 0.759. The first-order valence-electron chi connectivity index (χ1n) is 6.64. The minimum absolute atomic E-state index is 0.0823. The molecule has 1 heterocycles. The van der Waals surface area contributed by atoms with Gasteiger partial charge in [-0.15, -0.1) is 0 Å². The number of nitrogens with zero attached hydrogens (tertiary/aromatic N) is 1. The van der Waals surface area contributed by atoms with Gasteiger partial charge in [-0.1, -0.05) is 46.3 Å². The van der Waals surface area contributed by atoms with Gasteiger partial charge in [0.2, 0.25) is 0 Å². The third-order valence-electron chi connectivity index (χ3n) is 3.40. The molecule has 0 saturated carbocycles. The lowest BCUT2D eigenvalue weighted by Crippen LogP contribution is -2.27. The van der Waals surface area contributed by atoms with Crippen LogP contribution in [0.3, 0.4) is 0 Å². The van der Waals surface area contributed by atoms with Crippen molar-refractivity contribution in [3.05, 3.63) is 64.3 Å². The van der Waals surface area contributed by atoms with Gasteiger partial charge in [0.05, 0.1) is 11.6 Å². The highest BCUT2D eigenvalue weighted by molar-refractivity contribution is 9.10. The van der Waals surface area contributed by atoms with Crippen LogP contribution in [0.25, 0.3) is 10.9 Å². The van der Waals surface area contributed by atoms with E-state index in [1.165, 1.54) is 0 Å². The van der Waals surface area contributed by atoms with E-state index < -0.39 is 0 Å². The zero-order chi connectivity index (χ0) is 14.8. The highest BCUT2D eigenvalue weighted by Gasteiger charge is 2.16. The molecule has 106 valence electrons. The van der Waals surface area contributed by atoms with Crippen LogP contribution in [0.5, 0.6) is 0 Å². The SMILES string of the molecule is CC(NC(=O)c1n[nH]c2ccccc12)c1ccc(Br)cc1. The normalized spacial score (nSPS) is 12.3. The van der Waals surface area contributed by atoms with Gasteiger partial charge < -0.3 is 5.32 Å².